The Morgan fingerprint density at radius 2 is 1.63 bits per heavy atom. The first-order valence-electron chi connectivity index (χ1n) is 13.7. The fourth-order valence-electron chi connectivity index (χ4n) is 4.87. The van der Waals surface area contributed by atoms with Crippen molar-refractivity contribution in [3.05, 3.63) is 94.5 Å². The number of benzene rings is 3. The molecular formula is C31H36BrN3O5S. The Labute approximate surface area is 250 Å². The Bertz CT molecular complexity index is 1430. The number of sulfonamides is 1. The lowest BCUT2D eigenvalue weighted by atomic mass is 10.1. The minimum atomic E-state index is -3.82. The van der Waals surface area contributed by atoms with Gasteiger partial charge in [-0.05, 0) is 67.3 Å². The molecule has 0 radical (unpaired) electrons. The van der Waals surface area contributed by atoms with Gasteiger partial charge in [-0.15, -0.1) is 0 Å². The molecule has 10 heteroatoms. The highest BCUT2D eigenvalue weighted by atomic mass is 79.9. The van der Waals surface area contributed by atoms with Crippen LogP contribution in [0.25, 0.3) is 0 Å². The normalized spacial score (nSPS) is 14.3. The summed E-state index contributed by atoms with van der Waals surface area (Å²) in [5.41, 5.74) is 2.16. The second kappa shape index (κ2) is 14.0. The van der Waals surface area contributed by atoms with Crippen molar-refractivity contribution in [2.24, 2.45) is 0 Å². The Kier molecular flexibility index (Phi) is 10.4. The average Bonchev–Trinajstić information content (AvgIpc) is 3.46. The van der Waals surface area contributed by atoms with Gasteiger partial charge in [0.25, 0.3) is 0 Å². The van der Waals surface area contributed by atoms with Crippen molar-refractivity contribution < 1.29 is 22.7 Å². The maximum Gasteiger partial charge on any atom is 0.244 e. The zero-order chi connectivity index (χ0) is 29.4. The summed E-state index contributed by atoms with van der Waals surface area (Å²) in [6.07, 6.45) is 5.05. The highest BCUT2D eigenvalue weighted by Gasteiger charge is 2.31. The Hall–Kier alpha value is -3.37. The zero-order valence-corrected chi connectivity index (χ0v) is 25.7. The van der Waals surface area contributed by atoms with Crippen LogP contribution in [0.5, 0.6) is 5.75 Å². The van der Waals surface area contributed by atoms with Crippen molar-refractivity contribution in [1.82, 2.24) is 10.2 Å². The molecule has 1 fully saturated rings. The molecule has 0 spiro atoms. The second-order valence-electron chi connectivity index (χ2n) is 10.4. The maximum absolute atomic E-state index is 13.8. The van der Waals surface area contributed by atoms with E-state index in [0.717, 1.165) is 51.8 Å². The molecule has 1 aliphatic rings. The lowest BCUT2D eigenvalue weighted by molar-refractivity contribution is -0.139. The number of nitrogens with one attached hydrogen (secondary N) is 1. The molecule has 4 rings (SSSR count). The van der Waals surface area contributed by atoms with Gasteiger partial charge in [-0.3, -0.25) is 13.9 Å². The van der Waals surface area contributed by atoms with Crippen molar-refractivity contribution in [1.29, 1.82) is 0 Å². The minimum Gasteiger partial charge on any atom is -0.489 e. The summed E-state index contributed by atoms with van der Waals surface area (Å²) in [5.74, 6) is -0.147. The Balaban J connectivity index is 1.52. The maximum atomic E-state index is 13.8. The molecule has 1 N–H and O–H groups in total. The molecule has 0 heterocycles. The number of hydrogen-bond acceptors (Lipinski definition) is 5. The number of carbonyl (C=O) groups excluding carboxylic acids is 2. The van der Waals surface area contributed by atoms with Crippen LogP contribution in [-0.2, 0) is 32.8 Å². The standard InChI is InChI=1S/C31H36BrN3O5S/c1-23(31(37)33-27-13-6-7-14-27)34(20-25-11-8-12-26(32)19-25)30(36)21-35(41(2,38)39)28-15-17-29(18-16-28)40-22-24-9-4-3-5-10-24/h3-5,8-12,15-19,23,27H,6-7,13-14,20-22H2,1-2H3,(H,33,37)/t23-/m0/s1. The van der Waals surface area contributed by atoms with E-state index in [1.54, 1.807) is 31.2 Å². The Morgan fingerprint density at radius 3 is 2.27 bits per heavy atom. The van der Waals surface area contributed by atoms with E-state index in [9.17, 15) is 18.0 Å². The fraction of sp³-hybridized carbons (Fsp3) is 0.355. The molecular weight excluding hydrogens is 606 g/mol. The second-order valence-corrected chi connectivity index (χ2v) is 13.2. The summed E-state index contributed by atoms with van der Waals surface area (Å²) in [4.78, 5) is 28.4. The topological polar surface area (TPSA) is 96.0 Å². The third-order valence-electron chi connectivity index (χ3n) is 7.16. The van der Waals surface area contributed by atoms with E-state index in [0.29, 0.717) is 18.0 Å². The van der Waals surface area contributed by atoms with E-state index in [1.165, 1.54) is 4.90 Å². The lowest BCUT2D eigenvalue weighted by Gasteiger charge is -2.32. The molecule has 3 aromatic carbocycles. The summed E-state index contributed by atoms with van der Waals surface area (Å²) in [7, 11) is -3.82. The van der Waals surface area contributed by atoms with Crippen LogP contribution >= 0.6 is 15.9 Å². The van der Waals surface area contributed by atoms with Gasteiger partial charge in [-0.2, -0.15) is 0 Å². The molecule has 41 heavy (non-hydrogen) atoms. The monoisotopic (exact) mass is 641 g/mol. The minimum absolute atomic E-state index is 0.0999. The quantitative estimate of drug-likeness (QED) is 0.291. The zero-order valence-electron chi connectivity index (χ0n) is 23.3. The molecule has 1 aliphatic carbocycles. The Morgan fingerprint density at radius 1 is 0.976 bits per heavy atom. The molecule has 3 aromatic rings. The first kappa shape index (κ1) is 30.6. The van der Waals surface area contributed by atoms with Crippen molar-refractivity contribution in [3.8, 4) is 5.75 Å². The molecule has 0 unspecified atom stereocenters. The van der Waals surface area contributed by atoms with Gasteiger partial charge in [-0.1, -0.05) is 71.2 Å². The highest BCUT2D eigenvalue weighted by molar-refractivity contribution is 9.10. The third-order valence-corrected chi connectivity index (χ3v) is 8.80. The molecule has 218 valence electrons. The van der Waals surface area contributed by atoms with Gasteiger partial charge in [0.1, 0.15) is 24.9 Å². The van der Waals surface area contributed by atoms with Crippen molar-refractivity contribution in [3.63, 3.8) is 0 Å². The summed E-state index contributed by atoms with van der Waals surface area (Å²) >= 11 is 3.46. The van der Waals surface area contributed by atoms with E-state index in [2.05, 4.69) is 21.2 Å². The summed E-state index contributed by atoms with van der Waals surface area (Å²) in [5, 5.41) is 3.07. The molecule has 0 aliphatic heterocycles. The van der Waals surface area contributed by atoms with Gasteiger partial charge in [-0.25, -0.2) is 8.42 Å². The fourth-order valence-corrected chi connectivity index (χ4v) is 6.17. The van der Waals surface area contributed by atoms with Crippen LogP contribution in [0.2, 0.25) is 0 Å². The number of amides is 2. The van der Waals surface area contributed by atoms with Crippen LogP contribution in [-0.4, -0.2) is 50.0 Å². The number of carbonyl (C=O) groups is 2. The molecule has 0 bridgehead atoms. The number of nitrogens with zero attached hydrogens (tertiary/aromatic N) is 2. The third kappa shape index (κ3) is 8.81. The van der Waals surface area contributed by atoms with E-state index in [-0.39, 0.29) is 18.5 Å². The van der Waals surface area contributed by atoms with E-state index >= 15 is 0 Å². The summed E-state index contributed by atoms with van der Waals surface area (Å²) in [6, 6.07) is 23.1. The van der Waals surface area contributed by atoms with Crippen molar-refractivity contribution >= 4 is 43.5 Å². The molecule has 1 atom stereocenters. The molecule has 0 saturated heterocycles. The van der Waals surface area contributed by atoms with Crippen molar-refractivity contribution in [2.45, 2.75) is 57.8 Å². The summed E-state index contributed by atoms with van der Waals surface area (Å²) < 4.78 is 33.5. The van der Waals surface area contributed by atoms with Gasteiger partial charge < -0.3 is 15.0 Å². The summed E-state index contributed by atoms with van der Waals surface area (Å²) in [6.45, 7) is 1.77. The number of hydrogen-bond donors (Lipinski definition) is 1. The van der Waals surface area contributed by atoms with Crippen LogP contribution in [0.1, 0.15) is 43.7 Å². The first-order valence-corrected chi connectivity index (χ1v) is 16.3. The molecule has 1 saturated carbocycles. The predicted octanol–water partition coefficient (Wildman–Crippen LogP) is 5.27. The van der Waals surface area contributed by atoms with Gasteiger partial charge >= 0.3 is 0 Å². The van der Waals surface area contributed by atoms with Gasteiger partial charge in [0.05, 0.1) is 11.9 Å². The van der Waals surface area contributed by atoms with E-state index in [1.807, 2.05) is 54.6 Å². The lowest BCUT2D eigenvalue weighted by Crippen LogP contribution is -2.52. The SMILES string of the molecule is C[C@@H](C(=O)NC1CCCC1)N(Cc1cccc(Br)c1)C(=O)CN(c1ccc(OCc2ccccc2)cc1)S(C)(=O)=O. The van der Waals surface area contributed by atoms with E-state index < -0.39 is 28.5 Å². The largest absolute Gasteiger partial charge is 0.489 e. The van der Waals surface area contributed by atoms with Gasteiger partial charge in [0.15, 0.2) is 0 Å². The smallest absolute Gasteiger partial charge is 0.244 e. The molecule has 0 aromatic heterocycles. The van der Waals surface area contributed by atoms with Crippen LogP contribution in [0.15, 0.2) is 83.3 Å². The highest BCUT2D eigenvalue weighted by Crippen LogP contribution is 2.24. The van der Waals surface area contributed by atoms with Crippen LogP contribution in [0, 0.1) is 0 Å². The first-order chi connectivity index (χ1) is 19.6. The van der Waals surface area contributed by atoms with Crippen LogP contribution in [0.3, 0.4) is 0 Å². The van der Waals surface area contributed by atoms with Crippen LogP contribution in [0.4, 0.5) is 5.69 Å². The number of rotatable bonds is 12. The van der Waals surface area contributed by atoms with Crippen LogP contribution < -0.4 is 14.4 Å². The predicted molar refractivity (Wildman–Crippen MR) is 164 cm³/mol. The molecule has 8 nitrogen and oxygen atoms in total. The van der Waals surface area contributed by atoms with Gasteiger partial charge in [0, 0.05) is 17.1 Å². The number of anilines is 1. The van der Waals surface area contributed by atoms with E-state index in [4.69, 9.17) is 4.74 Å². The average molecular weight is 643 g/mol. The number of halogens is 1. The van der Waals surface area contributed by atoms with Crippen molar-refractivity contribution in [2.75, 3.05) is 17.1 Å². The number of ether oxygens (including phenoxy) is 1. The van der Waals surface area contributed by atoms with Gasteiger partial charge in [0.2, 0.25) is 21.8 Å². The molecule has 2 amide bonds.